The molecule has 0 radical (unpaired) electrons. The van der Waals surface area contributed by atoms with Crippen molar-refractivity contribution in [1.29, 1.82) is 0 Å². The van der Waals surface area contributed by atoms with Gasteiger partial charge in [-0.2, -0.15) is 0 Å². The Morgan fingerprint density at radius 2 is 1.91 bits per heavy atom. The first-order chi connectivity index (χ1) is 11.1. The maximum atomic E-state index is 9.28. The molecule has 124 valence electrons. The summed E-state index contributed by atoms with van der Waals surface area (Å²) >= 11 is 6.32. The molecule has 0 amide bonds. The summed E-state index contributed by atoms with van der Waals surface area (Å²) in [5.74, 6) is 1.25. The van der Waals surface area contributed by atoms with E-state index in [2.05, 4.69) is 5.32 Å². The summed E-state index contributed by atoms with van der Waals surface area (Å²) in [6, 6.07) is 13.5. The fourth-order valence-electron chi connectivity index (χ4n) is 2.14. The normalized spacial score (nSPS) is 12.0. The highest BCUT2D eigenvalue weighted by Crippen LogP contribution is 2.33. The van der Waals surface area contributed by atoms with Gasteiger partial charge in [-0.05, 0) is 24.1 Å². The molecule has 1 atom stereocenters. The number of hydrogen-bond acceptors (Lipinski definition) is 4. The first-order valence-electron chi connectivity index (χ1n) is 7.52. The van der Waals surface area contributed by atoms with Gasteiger partial charge in [0, 0.05) is 24.2 Å². The van der Waals surface area contributed by atoms with Gasteiger partial charge in [-0.25, -0.2) is 0 Å². The fourth-order valence-corrected chi connectivity index (χ4v) is 2.36. The molecular formula is C18H22ClNO3. The summed E-state index contributed by atoms with van der Waals surface area (Å²) in [5, 5.41) is 13.0. The van der Waals surface area contributed by atoms with E-state index < -0.39 is 6.10 Å². The summed E-state index contributed by atoms with van der Waals surface area (Å²) in [6.45, 7) is 3.24. The number of benzene rings is 2. The summed E-state index contributed by atoms with van der Waals surface area (Å²) in [7, 11) is 1.60. The van der Waals surface area contributed by atoms with Crippen LogP contribution in [0, 0.1) is 0 Å². The molecule has 1 unspecified atom stereocenters. The molecule has 0 heterocycles. The van der Waals surface area contributed by atoms with E-state index in [4.69, 9.17) is 21.1 Å². The van der Waals surface area contributed by atoms with Crippen molar-refractivity contribution in [1.82, 2.24) is 5.32 Å². The quantitative estimate of drug-likeness (QED) is 0.776. The Morgan fingerprint density at radius 1 is 1.17 bits per heavy atom. The van der Waals surface area contributed by atoms with E-state index >= 15 is 0 Å². The molecule has 0 saturated heterocycles. The van der Waals surface area contributed by atoms with Gasteiger partial charge < -0.3 is 19.9 Å². The molecule has 0 spiro atoms. The molecule has 0 bridgehead atoms. The molecule has 0 fully saturated rings. The van der Waals surface area contributed by atoms with Crippen LogP contribution in [-0.2, 0) is 13.2 Å². The van der Waals surface area contributed by atoms with Crippen LogP contribution in [0.1, 0.15) is 18.1 Å². The highest BCUT2D eigenvalue weighted by atomic mass is 35.5. The van der Waals surface area contributed by atoms with Crippen LogP contribution in [0.5, 0.6) is 11.5 Å². The average molecular weight is 336 g/mol. The van der Waals surface area contributed by atoms with Gasteiger partial charge in [-0.3, -0.25) is 0 Å². The van der Waals surface area contributed by atoms with Gasteiger partial charge in [-0.15, -0.1) is 0 Å². The number of ether oxygens (including phenoxy) is 2. The molecule has 23 heavy (non-hydrogen) atoms. The Kier molecular flexibility index (Phi) is 6.71. The molecule has 4 nitrogen and oxygen atoms in total. The van der Waals surface area contributed by atoms with Gasteiger partial charge in [0.05, 0.1) is 13.2 Å². The topological polar surface area (TPSA) is 50.7 Å². The minimum absolute atomic E-state index is 0.399. The zero-order chi connectivity index (χ0) is 16.7. The molecular weight excluding hydrogens is 314 g/mol. The second-order valence-corrected chi connectivity index (χ2v) is 5.76. The van der Waals surface area contributed by atoms with E-state index in [1.54, 1.807) is 20.1 Å². The van der Waals surface area contributed by atoms with Gasteiger partial charge in [0.1, 0.15) is 6.61 Å². The van der Waals surface area contributed by atoms with E-state index in [9.17, 15) is 5.11 Å². The molecule has 5 heteroatoms. The molecule has 2 N–H and O–H groups in total. The minimum Gasteiger partial charge on any atom is -0.493 e. The Balaban J connectivity index is 2.06. The van der Waals surface area contributed by atoms with Gasteiger partial charge in [0.15, 0.2) is 11.5 Å². The van der Waals surface area contributed by atoms with Gasteiger partial charge >= 0.3 is 0 Å². The Hall–Kier alpha value is -1.75. The van der Waals surface area contributed by atoms with Crippen molar-refractivity contribution in [3.05, 3.63) is 58.6 Å². The van der Waals surface area contributed by atoms with Gasteiger partial charge in [0.2, 0.25) is 0 Å². The minimum atomic E-state index is -0.399. The number of aliphatic hydroxyl groups is 1. The van der Waals surface area contributed by atoms with E-state index in [0.717, 1.165) is 11.1 Å². The van der Waals surface area contributed by atoms with Crippen LogP contribution in [0.2, 0.25) is 5.02 Å². The second-order valence-electron chi connectivity index (χ2n) is 5.35. The molecule has 2 aromatic rings. The van der Waals surface area contributed by atoms with Crippen molar-refractivity contribution < 1.29 is 14.6 Å². The summed E-state index contributed by atoms with van der Waals surface area (Å²) in [5.41, 5.74) is 1.98. The molecule has 0 aliphatic carbocycles. The smallest absolute Gasteiger partial charge is 0.163 e. The van der Waals surface area contributed by atoms with Crippen molar-refractivity contribution >= 4 is 11.6 Å². The number of nitrogens with one attached hydrogen (secondary N) is 1. The number of aliphatic hydroxyl groups excluding tert-OH is 1. The van der Waals surface area contributed by atoms with Crippen molar-refractivity contribution in [3.63, 3.8) is 0 Å². The lowest BCUT2D eigenvalue weighted by Gasteiger charge is -2.14. The lowest BCUT2D eigenvalue weighted by molar-refractivity contribution is 0.191. The number of halogens is 1. The zero-order valence-corrected chi connectivity index (χ0v) is 14.1. The van der Waals surface area contributed by atoms with Gasteiger partial charge in [-0.1, -0.05) is 41.9 Å². The van der Waals surface area contributed by atoms with E-state index in [1.807, 2.05) is 36.4 Å². The second kappa shape index (κ2) is 8.77. The predicted molar refractivity (Wildman–Crippen MR) is 92.2 cm³/mol. The average Bonchev–Trinajstić information content (AvgIpc) is 2.55. The van der Waals surface area contributed by atoms with Crippen LogP contribution in [-0.4, -0.2) is 24.9 Å². The Labute approximate surface area is 142 Å². The van der Waals surface area contributed by atoms with E-state index in [-0.39, 0.29) is 0 Å². The Bertz CT molecular complexity index is 617. The van der Waals surface area contributed by atoms with Crippen molar-refractivity contribution in [2.45, 2.75) is 26.2 Å². The standard InChI is InChI=1S/C18H22ClNO3/c1-13(21)10-20-11-15-8-17(22-2)18(9-16(15)19)23-12-14-6-4-3-5-7-14/h3-9,13,20-21H,10-12H2,1-2H3. The van der Waals surface area contributed by atoms with Crippen LogP contribution in [0.15, 0.2) is 42.5 Å². The molecule has 2 aromatic carbocycles. The summed E-state index contributed by atoms with van der Waals surface area (Å²) < 4.78 is 11.2. The fraction of sp³-hybridized carbons (Fsp3) is 0.333. The third-order valence-electron chi connectivity index (χ3n) is 3.33. The van der Waals surface area contributed by atoms with Crippen LogP contribution in [0.4, 0.5) is 0 Å². The number of hydrogen-bond donors (Lipinski definition) is 2. The maximum Gasteiger partial charge on any atom is 0.163 e. The van der Waals surface area contributed by atoms with E-state index in [1.165, 1.54) is 0 Å². The highest BCUT2D eigenvalue weighted by molar-refractivity contribution is 6.31. The summed E-state index contributed by atoms with van der Waals surface area (Å²) in [4.78, 5) is 0. The lowest BCUT2D eigenvalue weighted by Crippen LogP contribution is -2.24. The highest BCUT2D eigenvalue weighted by Gasteiger charge is 2.11. The molecule has 0 aliphatic heterocycles. The molecule has 0 saturated carbocycles. The first kappa shape index (κ1) is 17.6. The Morgan fingerprint density at radius 3 is 2.57 bits per heavy atom. The van der Waals surface area contributed by atoms with Crippen LogP contribution < -0.4 is 14.8 Å². The SMILES string of the molecule is COc1cc(CNCC(C)O)c(Cl)cc1OCc1ccccc1. The summed E-state index contributed by atoms with van der Waals surface area (Å²) in [6.07, 6.45) is -0.399. The van der Waals surface area contributed by atoms with Crippen LogP contribution >= 0.6 is 11.6 Å². The maximum absolute atomic E-state index is 9.28. The van der Waals surface area contributed by atoms with Crippen molar-refractivity contribution in [3.8, 4) is 11.5 Å². The molecule has 2 rings (SSSR count). The van der Waals surface area contributed by atoms with Crippen LogP contribution in [0.25, 0.3) is 0 Å². The first-order valence-corrected chi connectivity index (χ1v) is 7.90. The predicted octanol–water partition coefficient (Wildman–Crippen LogP) is 3.40. The third-order valence-corrected chi connectivity index (χ3v) is 3.68. The van der Waals surface area contributed by atoms with Crippen molar-refractivity contribution in [2.24, 2.45) is 0 Å². The largest absolute Gasteiger partial charge is 0.493 e. The zero-order valence-electron chi connectivity index (χ0n) is 13.4. The molecule has 0 aliphatic rings. The lowest BCUT2D eigenvalue weighted by atomic mass is 10.2. The number of methoxy groups -OCH3 is 1. The van der Waals surface area contributed by atoms with E-state index in [0.29, 0.717) is 36.2 Å². The molecule has 0 aromatic heterocycles. The van der Waals surface area contributed by atoms with Crippen molar-refractivity contribution in [2.75, 3.05) is 13.7 Å². The monoisotopic (exact) mass is 335 g/mol. The third kappa shape index (κ3) is 5.43. The van der Waals surface area contributed by atoms with Gasteiger partial charge in [0.25, 0.3) is 0 Å². The number of rotatable bonds is 8. The van der Waals surface area contributed by atoms with Crippen LogP contribution in [0.3, 0.4) is 0 Å².